The minimum atomic E-state index is 1.10. The number of hydrogen-bond acceptors (Lipinski definition) is 2. The van der Waals surface area contributed by atoms with E-state index in [4.69, 9.17) is 0 Å². The maximum Gasteiger partial charge on any atom is 0.0270 e. The molecule has 0 aliphatic carbocycles. The van der Waals surface area contributed by atoms with E-state index in [1.165, 1.54) is 11.1 Å². The van der Waals surface area contributed by atoms with Gasteiger partial charge in [0.1, 0.15) is 0 Å². The van der Waals surface area contributed by atoms with Crippen LogP contribution >= 0.6 is 0 Å². The molecule has 15 heavy (non-hydrogen) atoms. The van der Waals surface area contributed by atoms with Crippen molar-refractivity contribution in [1.29, 1.82) is 0 Å². The molecule has 0 bridgehead atoms. The van der Waals surface area contributed by atoms with E-state index < -0.39 is 0 Å². The summed E-state index contributed by atoms with van der Waals surface area (Å²) in [5.74, 6) is 0. The van der Waals surface area contributed by atoms with Gasteiger partial charge in [-0.15, -0.1) is 0 Å². The number of aryl methyl sites for hydroxylation is 2. The van der Waals surface area contributed by atoms with Gasteiger partial charge in [0.2, 0.25) is 0 Å². The number of hydrogen-bond donors (Lipinski definition) is 0. The molecule has 0 aliphatic heterocycles. The number of rotatable bonds is 1. The van der Waals surface area contributed by atoms with Crippen LogP contribution in [0.4, 0.5) is 0 Å². The predicted octanol–water partition coefficient (Wildman–Crippen LogP) is 3.03. The topological polar surface area (TPSA) is 25.8 Å². The molecule has 0 atom stereocenters. The maximum absolute atomic E-state index is 3.89. The van der Waals surface area contributed by atoms with E-state index in [-0.39, 0.29) is 0 Å². The molecule has 0 radical (unpaired) electrons. The second-order valence-electron chi connectivity index (χ2n) is 3.23. The Morgan fingerprint density at radius 2 is 1.33 bits per heavy atom. The van der Waals surface area contributed by atoms with Gasteiger partial charge in [-0.3, -0.25) is 9.97 Å². The molecule has 2 rings (SSSR count). The SMILES string of the molecule is CCc1ccncc1.Cc1ccncc1. The van der Waals surface area contributed by atoms with E-state index in [9.17, 15) is 0 Å². The third-order valence-corrected chi connectivity index (χ3v) is 2.00. The Morgan fingerprint density at radius 3 is 1.60 bits per heavy atom. The van der Waals surface area contributed by atoms with Crippen molar-refractivity contribution < 1.29 is 0 Å². The Labute approximate surface area is 91.0 Å². The molecule has 0 fully saturated rings. The molecule has 0 amide bonds. The first-order valence-corrected chi connectivity index (χ1v) is 5.08. The summed E-state index contributed by atoms with van der Waals surface area (Å²) in [7, 11) is 0. The Bertz CT molecular complexity index is 357. The number of pyridine rings is 2. The Hall–Kier alpha value is -1.70. The molecule has 2 aromatic rings. The highest BCUT2D eigenvalue weighted by atomic mass is 14.6. The molecule has 0 N–H and O–H groups in total. The Kier molecular flexibility index (Phi) is 5.09. The quantitative estimate of drug-likeness (QED) is 0.707. The molecule has 78 valence electrons. The van der Waals surface area contributed by atoms with Crippen LogP contribution in [0.1, 0.15) is 18.1 Å². The van der Waals surface area contributed by atoms with Crippen LogP contribution < -0.4 is 0 Å². The largest absolute Gasteiger partial charge is 0.265 e. The van der Waals surface area contributed by atoms with Gasteiger partial charge in [0, 0.05) is 24.8 Å². The fraction of sp³-hybridized carbons (Fsp3) is 0.231. The average molecular weight is 200 g/mol. The molecule has 0 spiro atoms. The van der Waals surface area contributed by atoms with Crippen molar-refractivity contribution in [3.05, 3.63) is 60.2 Å². The molecular formula is C13H16N2. The van der Waals surface area contributed by atoms with Crippen molar-refractivity contribution in [2.75, 3.05) is 0 Å². The monoisotopic (exact) mass is 200 g/mol. The second kappa shape index (κ2) is 6.71. The first-order chi connectivity index (χ1) is 7.33. The first-order valence-electron chi connectivity index (χ1n) is 5.08. The van der Waals surface area contributed by atoms with Gasteiger partial charge in [0.05, 0.1) is 0 Å². The summed E-state index contributed by atoms with van der Waals surface area (Å²) in [5.41, 5.74) is 2.61. The minimum absolute atomic E-state index is 1.10. The van der Waals surface area contributed by atoms with Gasteiger partial charge in [0.25, 0.3) is 0 Å². The van der Waals surface area contributed by atoms with Crippen LogP contribution in [0, 0.1) is 6.92 Å². The van der Waals surface area contributed by atoms with E-state index in [1.54, 1.807) is 12.4 Å². The second-order valence-corrected chi connectivity index (χ2v) is 3.23. The lowest BCUT2D eigenvalue weighted by Gasteiger charge is -1.89. The molecule has 2 nitrogen and oxygen atoms in total. The zero-order valence-corrected chi connectivity index (χ0v) is 9.22. The van der Waals surface area contributed by atoms with Crippen molar-refractivity contribution in [1.82, 2.24) is 9.97 Å². The first kappa shape index (κ1) is 11.4. The third kappa shape index (κ3) is 4.91. The fourth-order valence-electron chi connectivity index (χ4n) is 1.04. The summed E-state index contributed by atoms with van der Waals surface area (Å²) >= 11 is 0. The number of nitrogens with zero attached hydrogens (tertiary/aromatic N) is 2. The molecule has 0 unspecified atom stereocenters. The molecule has 0 saturated carbocycles. The summed E-state index contributed by atoms with van der Waals surface area (Å²) in [6.45, 7) is 4.18. The van der Waals surface area contributed by atoms with Crippen molar-refractivity contribution in [2.24, 2.45) is 0 Å². The summed E-state index contributed by atoms with van der Waals surface area (Å²) in [6.07, 6.45) is 8.31. The highest BCUT2D eigenvalue weighted by molar-refractivity contribution is 5.08. The average Bonchev–Trinajstić information content (AvgIpc) is 2.32. The van der Waals surface area contributed by atoms with Gasteiger partial charge >= 0.3 is 0 Å². The Balaban J connectivity index is 0.000000151. The normalized spacial score (nSPS) is 8.93. The van der Waals surface area contributed by atoms with Crippen LogP contribution in [0.3, 0.4) is 0 Å². The standard InChI is InChI=1S/C7H9N.C6H7N/c1-2-7-3-5-8-6-4-7;1-6-2-4-7-5-3-6/h3-6H,2H2,1H3;2-5H,1H3. The van der Waals surface area contributed by atoms with Crippen molar-refractivity contribution in [3.8, 4) is 0 Å². The van der Waals surface area contributed by atoms with E-state index in [0.29, 0.717) is 0 Å². The highest BCUT2D eigenvalue weighted by Gasteiger charge is 1.80. The molecular weight excluding hydrogens is 184 g/mol. The zero-order valence-electron chi connectivity index (χ0n) is 9.22. The third-order valence-electron chi connectivity index (χ3n) is 2.00. The van der Waals surface area contributed by atoms with Gasteiger partial charge in [-0.25, -0.2) is 0 Å². The van der Waals surface area contributed by atoms with Crippen LogP contribution in [0.25, 0.3) is 0 Å². The minimum Gasteiger partial charge on any atom is -0.265 e. The molecule has 2 aromatic heterocycles. The summed E-state index contributed by atoms with van der Waals surface area (Å²) in [5, 5.41) is 0. The molecule has 0 aromatic carbocycles. The summed E-state index contributed by atoms with van der Waals surface area (Å²) in [6, 6.07) is 8.00. The van der Waals surface area contributed by atoms with Gasteiger partial charge in [0.15, 0.2) is 0 Å². The Morgan fingerprint density at radius 1 is 0.867 bits per heavy atom. The van der Waals surface area contributed by atoms with Crippen LogP contribution in [0.5, 0.6) is 0 Å². The molecule has 0 aliphatic rings. The van der Waals surface area contributed by atoms with E-state index >= 15 is 0 Å². The molecule has 0 saturated heterocycles. The molecule has 2 heterocycles. The van der Waals surface area contributed by atoms with E-state index in [0.717, 1.165) is 6.42 Å². The van der Waals surface area contributed by atoms with Gasteiger partial charge in [-0.05, 0) is 48.7 Å². The van der Waals surface area contributed by atoms with E-state index in [1.807, 2.05) is 43.6 Å². The van der Waals surface area contributed by atoms with Crippen molar-refractivity contribution in [2.45, 2.75) is 20.3 Å². The lowest BCUT2D eigenvalue weighted by Crippen LogP contribution is -1.76. The lowest BCUT2D eigenvalue weighted by molar-refractivity contribution is 1.12. The van der Waals surface area contributed by atoms with Crippen LogP contribution in [0.2, 0.25) is 0 Å². The van der Waals surface area contributed by atoms with Crippen molar-refractivity contribution >= 4 is 0 Å². The number of aromatic nitrogens is 2. The van der Waals surface area contributed by atoms with Gasteiger partial charge < -0.3 is 0 Å². The van der Waals surface area contributed by atoms with Crippen molar-refractivity contribution in [3.63, 3.8) is 0 Å². The summed E-state index contributed by atoms with van der Waals surface area (Å²) in [4.78, 5) is 7.74. The highest BCUT2D eigenvalue weighted by Crippen LogP contribution is 1.94. The summed E-state index contributed by atoms with van der Waals surface area (Å²) < 4.78 is 0. The van der Waals surface area contributed by atoms with E-state index in [2.05, 4.69) is 16.9 Å². The predicted molar refractivity (Wildman–Crippen MR) is 62.6 cm³/mol. The zero-order chi connectivity index (χ0) is 10.9. The fourth-order valence-corrected chi connectivity index (χ4v) is 1.04. The smallest absolute Gasteiger partial charge is 0.0270 e. The van der Waals surface area contributed by atoms with Gasteiger partial charge in [-0.2, -0.15) is 0 Å². The molecule has 2 heteroatoms. The van der Waals surface area contributed by atoms with Crippen LogP contribution in [0.15, 0.2) is 49.1 Å². The maximum atomic E-state index is 3.89. The van der Waals surface area contributed by atoms with Gasteiger partial charge in [-0.1, -0.05) is 6.92 Å². The lowest BCUT2D eigenvalue weighted by atomic mass is 10.2. The van der Waals surface area contributed by atoms with Crippen LogP contribution in [-0.4, -0.2) is 9.97 Å². The van der Waals surface area contributed by atoms with Crippen LogP contribution in [-0.2, 0) is 6.42 Å².